The third kappa shape index (κ3) is 4.41. The molecule has 8 saturated heterocycles. The molecule has 316 valence electrons. The normalized spacial score (nSPS) is 38.0. The van der Waals surface area contributed by atoms with E-state index in [1.165, 1.54) is 71.4 Å². The summed E-state index contributed by atoms with van der Waals surface area (Å²) in [4.78, 5) is 61.0. The van der Waals surface area contributed by atoms with E-state index in [1.807, 2.05) is 12.1 Å². The molecule has 8 atom stereocenters. The average molecular weight is 935 g/mol. The number of para-hydroxylation sites is 2. The van der Waals surface area contributed by atoms with Gasteiger partial charge in [-0.05, 0) is 49.6 Å². The van der Waals surface area contributed by atoms with Gasteiger partial charge in [0.05, 0.1) is 33.7 Å². The SMILES string of the molecule is CCCS(=O)(=O)N1c2ccccc2C2([C@]34C[C@@]56SS[C@@](C)(C(=O)N5[C@H]3N(S(=O)(=O)CC[Si](C)(C)C)c3ccccc34)N(C)C6=O)C[C@@]34SS[C@@](C)(C(=O)N3[C@@H]12)N(C)C4=O. The number of sulfonamides is 2. The molecular formula is C38H46N6O8S6Si. The molecule has 2 spiro atoms. The number of hydrogen-bond acceptors (Lipinski definition) is 12. The van der Waals surface area contributed by atoms with Crippen molar-refractivity contribution >= 4 is 106 Å². The number of benzene rings is 2. The summed E-state index contributed by atoms with van der Waals surface area (Å²) in [5, 5.41) is 0. The Morgan fingerprint density at radius 2 is 1.02 bits per heavy atom. The molecule has 4 bridgehead atoms. The van der Waals surface area contributed by atoms with Crippen LogP contribution in [0.15, 0.2) is 48.5 Å². The predicted octanol–water partition coefficient (Wildman–Crippen LogP) is 4.59. The number of hydrogen-bond donors (Lipinski definition) is 0. The third-order valence-corrected chi connectivity index (χ3v) is 27.5. The van der Waals surface area contributed by atoms with Gasteiger partial charge in [-0.2, -0.15) is 0 Å². The van der Waals surface area contributed by atoms with Crippen molar-refractivity contribution < 1.29 is 36.0 Å². The van der Waals surface area contributed by atoms with E-state index in [1.54, 1.807) is 71.3 Å². The van der Waals surface area contributed by atoms with Gasteiger partial charge in [0.2, 0.25) is 20.0 Å². The summed E-state index contributed by atoms with van der Waals surface area (Å²) in [5.74, 6) is -2.05. The van der Waals surface area contributed by atoms with E-state index in [9.17, 15) is 0 Å². The molecule has 21 heteroatoms. The van der Waals surface area contributed by atoms with Crippen LogP contribution in [-0.4, -0.2) is 126 Å². The minimum Gasteiger partial charge on any atom is -0.319 e. The lowest BCUT2D eigenvalue weighted by molar-refractivity contribution is -0.164. The fourth-order valence-corrected chi connectivity index (χ4v) is 24.8. The van der Waals surface area contributed by atoms with Crippen molar-refractivity contribution in [3.05, 3.63) is 59.7 Å². The standard InChI is InChI=1S/C38H46N6O8S6Si/c1-9-18-57(49,50)43-25-16-12-10-14-23(25)35(21-37-31(47)39(4)33(2,53-55-37)29(45)41(37)27(35)43)36-22-38-32(48)40(5)34(3,54-56-38)30(46)42(38)28(36)44(26-17-13-11-15-24(26)36)58(51,52)19-20-59(6,7)8/h10-17,27-28H,9,18-22H2,1-8H3/t27-,28-,33-,34-,35?,36-,37-,38-/m0/s1. The zero-order valence-electron chi connectivity index (χ0n) is 33.9. The van der Waals surface area contributed by atoms with Gasteiger partial charge < -0.3 is 9.80 Å². The summed E-state index contributed by atoms with van der Waals surface area (Å²) in [7, 11) is -2.26. The van der Waals surface area contributed by atoms with Crippen LogP contribution in [-0.2, 0) is 50.1 Å². The molecule has 8 fully saturated rings. The summed E-state index contributed by atoms with van der Waals surface area (Å²) in [6.45, 7) is 11.4. The zero-order chi connectivity index (χ0) is 42.5. The average Bonchev–Trinajstić information content (AvgIpc) is 3.85. The smallest absolute Gasteiger partial charge is 0.262 e. The van der Waals surface area contributed by atoms with Gasteiger partial charge in [-0.1, -0.05) is 106 Å². The topological polar surface area (TPSA) is 156 Å². The van der Waals surface area contributed by atoms with Crippen molar-refractivity contribution in [2.75, 3.05) is 34.2 Å². The number of nitrogens with zero attached hydrogens (tertiary/aromatic N) is 6. The van der Waals surface area contributed by atoms with Crippen LogP contribution in [0.3, 0.4) is 0 Å². The van der Waals surface area contributed by atoms with Crippen molar-refractivity contribution in [2.45, 2.75) is 108 Å². The van der Waals surface area contributed by atoms with Crippen LogP contribution in [0.25, 0.3) is 0 Å². The Morgan fingerprint density at radius 1 is 0.627 bits per heavy atom. The van der Waals surface area contributed by atoms with Gasteiger partial charge in [0.1, 0.15) is 12.3 Å². The molecular weight excluding hydrogens is 889 g/mol. The lowest BCUT2D eigenvalue weighted by Crippen LogP contribution is -2.76. The van der Waals surface area contributed by atoms with Gasteiger partial charge in [0.15, 0.2) is 19.5 Å². The maximum Gasteiger partial charge on any atom is 0.262 e. The van der Waals surface area contributed by atoms with Crippen molar-refractivity contribution in [3.63, 3.8) is 0 Å². The Hall–Kier alpha value is -2.56. The van der Waals surface area contributed by atoms with Gasteiger partial charge in [-0.15, -0.1) is 0 Å². The van der Waals surface area contributed by atoms with Crippen LogP contribution < -0.4 is 8.61 Å². The van der Waals surface area contributed by atoms with Gasteiger partial charge in [0.25, 0.3) is 23.6 Å². The molecule has 10 aliphatic rings. The number of amides is 4. The van der Waals surface area contributed by atoms with Crippen LogP contribution in [0.2, 0.25) is 25.7 Å². The van der Waals surface area contributed by atoms with E-state index in [4.69, 9.17) is 0 Å². The molecule has 2 aromatic rings. The molecule has 1 unspecified atom stereocenters. The lowest BCUT2D eigenvalue weighted by atomic mass is 9.54. The predicted molar refractivity (Wildman–Crippen MR) is 236 cm³/mol. The van der Waals surface area contributed by atoms with Gasteiger partial charge in [0, 0.05) is 35.0 Å². The minimum absolute atomic E-state index is 0.103. The molecule has 12 rings (SSSR count). The second-order valence-electron chi connectivity index (χ2n) is 18.6. The molecule has 2 aromatic carbocycles. The maximum absolute atomic E-state index is 15.4. The number of carbonyl (C=O) groups is 4. The number of fused-ring (bicyclic) bond motifs is 11. The molecule has 0 aliphatic carbocycles. The molecule has 0 radical (unpaired) electrons. The van der Waals surface area contributed by atoms with Crippen LogP contribution in [0.1, 0.15) is 51.2 Å². The highest BCUT2D eigenvalue weighted by atomic mass is 33.1. The van der Waals surface area contributed by atoms with E-state index in [0.717, 1.165) is 0 Å². The van der Waals surface area contributed by atoms with E-state index in [-0.39, 0.29) is 42.6 Å². The summed E-state index contributed by atoms with van der Waals surface area (Å²) in [6, 6.07) is 14.7. The molecule has 0 saturated carbocycles. The number of carbonyl (C=O) groups excluding carboxylic acids is 4. The molecule has 0 aromatic heterocycles. The Kier molecular flexibility index (Phi) is 8.18. The first-order valence-corrected chi connectivity index (χ1v) is 30.9. The van der Waals surface area contributed by atoms with E-state index in [2.05, 4.69) is 19.6 Å². The van der Waals surface area contributed by atoms with Crippen LogP contribution in [0.4, 0.5) is 11.4 Å². The largest absolute Gasteiger partial charge is 0.319 e. The number of rotatable bonds is 8. The van der Waals surface area contributed by atoms with Crippen LogP contribution in [0.5, 0.6) is 0 Å². The first-order valence-electron chi connectivity index (χ1n) is 19.7. The van der Waals surface area contributed by atoms with E-state index >= 15 is 36.0 Å². The van der Waals surface area contributed by atoms with Gasteiger partial charge in [-0.25, -0.2) is 25.4 Å². The summed E-state index contributed by atoms with van der Waals surface area (Å²) >= 11 is 0. The van der Waals surface area contributed by atoms with Crippen molar-refractivity contribution in [2.24, 2.45) is 0 Å². The van der Waals surface area contributed by atoms with Crippen LogP contribution in [0, 0.1) is 0 Å². The molecule has 4 amide bonds. The highest BCUT2D eigenvalue weighted by Gasteiger charge is 2.89. The van der Waals surface area contributed by atoms with Crippen molar-refractivity contribution in [1.29, 1.82) is 0 Å². The Morgan fingerprint density at radius 3 is 1.41 bits per heavy atom. The summed E-state index contributed by atoms with van der Waals surface area (Å²) in [5.41, 5.74) is -1.43. The Balaban J connectivity index is 1.36. The Bertz CT molecular complexity index is 2560. The number of anilines is 2. The molecule has 10 heterocycles. The second-order valence-corrected chi connectivity index (χ2v) is 33.7. The van der Waals surface area contributed by atoms with Crippen LogP contribution >= 0.6 is 43.2 Å². The first kappa shape index (κ1) is 40.5. The molecule has 14 nitrogen and oxygen atoms in total. The zero-order valence-corrected chi connectivity index (χ0v) is 39.8. The fourth-order valence-electron chi connectivity index (χ4n) is 11.4. The Labute approximate surface area is 361 Å². The quantitative estimate of drug-likeness (QED) is 0.269. The van der Waals surface area contributed by atoms with Gasteiger partial charge >= 0.3 is 0 Å². The summed E-state index contributed by atoms with van der Waals surface area (Å²) < 4.78 is 63.7. The lowest BCUT2D eigenvalue weighted by Gasteiger charge is -2.58. The molecule has 10 aliphatic heterocycles. The van der Waals surface area contributed by atoms with Gasteiger partial charge in [-0.3, -0.25) is 29.0 Å². The highest BCUT2D eigenvalue weighted by molar-refractivity contribution is 8.78. The maximum atomic E-state index is 15.4. The second kappa shape index (κ2) is 11.9. The number of likely N-dealkylation sites (N-methyl/N-ethyl adjacent to an activating group) is 2. The minimum atomic E-state index is -4.28. The highest BCUT2D eigenvalue weighted by Crippen LogP contribution is 2.80. The number of piperazine rings is 2. The van der Waals surface area contributed by atoms with Crippen molar-refractivity contribution in [1.82, 2.24) is 19.6 Å². The molecule has 0 N–H and O–H groups in total. The van der Waals surface area contributed by atoms with E-state index < -0.39 is 82.6 Å². The van der Waals surface area contributed by atoms with Crippen molar-refractivity contribution in [3.8, 4) is 0 Å². The first-order chi connectivity index (χ1) is 27.5. The molecule has 59 heavy (non-hydrogen) atoms. The van der Waals surface area contributed by atoms with E-state index in [0.29, 0.717) is 28.5 Å². The third-order valence-electron chi connectivity index (χ3n) is 14.3. The fraction of sp³-hybridized carbons (Fsp3) is 0.579. The monoisotopic (exact) mass is 934 g/mol. The summed E-state index contributed by atoms with van der Waals surface area (Å²) in [6.07, 6.45) is -2.66.